The molecule has 2 rings (SSSR count). The van der Waals surface area contributed by atoms with Gasteiger partial charge in [0, 0.05) is 5.92 Å². The molecule has 0 radical (unpaired) electrons. The summed E-state index contributed by atoms with van der Waals surface area (Å²) >= 11 is 0. The highest BCUT2D eigenvalue weighted by atomic mass is 16.1. The summed E-state index contributed by atoms with van der Waals surface area (Å²) < 4.78 is 0. The molecule has 5 unspecified atom stereocenters. The summed E-state index contributed by atoms with van der Waals surface area (Å²) in [4.78, 5) is 12.2. The molecule has 6 atom stereocenters. The maximum Gasteiger partial charge on any atom is 0.133 e. The number of carbonyl (C=O) groups is 1. The lowest BCUT2D eigenvalue weighted by Gasteiger charge is -2.45. The van der Waals surface area contributed by atoms with Crippen molar-refractivity contribution >= 4 is 5.78 Å². The second-order valence-corrected chi connectivity index (χ2v) is 9.47. The van der Waals surface area contributed by atoms with Crippen LogP contribution in [0.4, 0.5) is 0 Å². The van der Waals surface area contributed by atoms with Gasteiger partial charge in [0.05, 0.1) is 0 Å². The lowest BCUT2D eigenvalue weighted by molar-refractivity contribution is -0.124. The van der Waals surface area contributed by atoms with E-state index in [1.165, 1.54) is 51.4 Å². The van der Waals surface area contributed by atoms with Gasteiger partial charge in [-0.15, -0.1) is 6.58 Å². The Morgan fingerprint density at radius 1 is 1.19 bits per heavy atom. The molecule has 2 aliphatic carbocycles. The highest BCUT2D eigenvalue weighted by Gasteiger charge is 2.49. The van der Waals surface area contributed by atoms with Gasteiger partial charge in [-0.3, -0.25) is 4.79 Å². The third-order valence-electron chi connectivity index (χ3n) is 7.95. The molecule has 0 spiro atoms. The predicted octanol–water partition coefficient (Wildman–Crippen LogP) is 7.84. The predicted molar refractivity (Wildman–Crippen MR) is 115 cm³/mol. The average molecular weight is 363 g/mol. The average Bonchev–Trinajstić information content (AvgIpc) is 2.93. The summed E-state index contributed by atoms with van der Waals surface area (Å²) in [6, 6.07) is 0. The van der Waals surface area contributed by atoms with Gasteiger partial charge in [-0.1, -0.05) is 66.9 Å². The normalized spacial score (nSPS) is 38.2. The Morgan fingerprint density at radius 2 is 1.85 bits per heavy atom. The van der Waals surface area contributed by atoms with Crippen LogP contribution in [0.5, 0.6) is 0 Å². The summed E-state index contributed by atoms with van der Waals surface area (Å²) in [5, 5.41) is 0. The van der Waals surface area contributed by atoms with Crippen LogP contribution in [0.25, 0.3) is 0 Å². The summed E-state index contributed by atoms with van der Waals surface area (Å²) in [5.74, 6) is 2.95. The Balaban J connectivity index is 0.00000163. The number of allylic oxidation sites excluding steroid dienone is 1. The molecule has 0 saturated heterocycles. The lowest BCUT2D eigenvalue weighted by atomic mass is 9.60. The van der Waals surface area contributed by atoms with Crippen LogP contribution in [0.2, 0.25) is 0 Å². The fraction of sp³-hybridized carbons (Fsp3) is 0.880. The van der Waals surface area contributed by atoms with Crippen molar-refractivity contribution in [2.45, 2.75) is 106 Å². The van der Waals surface area contributed by atoms with Crippen molar-refractivity contribution in [1.82, 2.24) is 0 Å². The summed E-state index contributed by atoms with van der Waals surface area (Å²) in [6.45, 7) is 19.6. The standard InChI is InChI=1S/C23H40O.C2H6/c1-7-14-23(6)19(12-13-21(23)18(4)24)16-17(3)20-11-9-10-15-22(20,5)8-2;1-2/h8,17,19-21H,2,7,9-16H2,1,3-6H3;1-2H3/t17-,19?,20?,21?,22?,23?;/m0./s1. The van der Waals surface area contributed by atoms with Gasteiger partial charge in [-0.05, 0) is 74.0 Å². The molecule has 2 aliphatic rings. The monoisotopic (exact) mass is 362 g/mol. The van der Waals surface area contributed by atoms with Crippen molar-refractivity contribution in [3.8, 4) is 0 Å². The van der Waals surface area contributed by atoms with Crippen LogP contribution in [0.1, 0.15) is 106 Å². The Kier molecular flexibility index (Phi) is 9.10. The quantitative estimate of drug-likeness (QED) is 0.421. The van der Waals surface area contributed by atoms with E-state index in [1.54, 1.807) is 0 Å². The highest BCUT2D eigenvalue weighted by Crippen LogP contribution is 2.55. The molecule has 26 heavy (non-hydrogen) atoms. The molecule has 2 fully saturated rings. The van der Waals surface area contributed by atoms with Crippen molar-refractivity contribution in [1.29, 1.82) is 0 Å². The molecule has 152 valence electrons. The first-order chi connectivity index (χ1) is 12.3. The van der Waals surface area contributed by atoms with Gasteiger partial charge in [-0.2, -0.15) is 0 Å². The van der Waals surface area contributed by atoms with Gasteiger partial charge in [0.25, 0.3) is 0 Å². The first kappa shape index (κ1) is 23.4. The number of Topliss-reactive ketones (excluding diaryl/α,β-unsaturated/α-hetero) is 1. The third kappa shape index (κ3) is 4.82. The Labute approximate surface area is 164 Å². The lowest BCUT2D eigenvalue weighted by Crippen LogP contribution is -2.37. The van der Waals surface area contributed by atoms with E-state index in [0.717, 1.165) is 24.2 Å². The van der Waals surface area contributed by atoms with E-state index in [9.17, 15) is 4.79 Å². The fourth-order valence-electron chi connectivity index (χ4n) is 6.47. The molecule has 1 heteroatoms. The Bertz CT molecular complexity index is 453. The fourth-order valence-corrected chi connectivity index (χ4v) is 6.47. The van der Waals surface area contributed by atoms with E-state index in [0.29, 0.717) is 17.1 Å². The molecule has 0 heterocycles. The van der Waals surface area contributed by atoms with Gasteiger partial charge in [-0.25, -0.2) is 0 Å². The van der Waals surface area contributed by atoms with Gasteiger partial charge in [0.1, 0.15) is 5.78 Å². The van der Waals surface area contributed by atoms with Crippen molar-refractivity contribution < 1.29 is 4.79 Å². The van der Waals surface area contributed by atoms with E-state index >= 15 is 0 Å². The molecule has 2 saturated carbocycles. The second-order valence-electron chi connectivity index (χ2n) is 9.47. The summed E-state index contributed by atoms with van der Waals surface area (Å²) in [5.41, 5.74) is 0.547. The van der Waals surface area contributed by atoms with Gasteiger partial charge < -0.3 is 0 Å². The molecular weight excluding hydrogens is 316 g/mol. The van der Waals surface area contributed by atoms with Crippen LogP contribution in [0.15, 0.2) is 12.7 Å². The number of ketones is 1. The topological polar surface area (TPSA) is 17.1 Å². The number of carbonyl (C=O) groups excluding carboxylic acids is 1. The maximum absolute atomic E-state index is 12.2. The zero-order valence-electron chi connectivity index (χ0n) is 18.9. The van der Waals surface area contributed by atoms with E-state index in [4.69, 9.17) is 0 Å². The first-order valence-electron chi connectivity index (χ1n) is 11.4. The minimum atomic E-state index is 0.230. The molecule has 0 amide bonds. The molecule has 0 aromatic rings. The van der Waals surface area contributed by atoms with E-state index < -0.39 is 0 Å². The molecule has 0 bridgehead atoms. The van der Waals surface area contributed by atoms with E-state index in [1.807, 2.05) is 20.8 Å². The van der Waals surface area contributed by atoms with Crippen LogP contribution in [-0.4, -0.2) is 5.78 Å². The smallest absolute Gasteiger partial charge is 0.133 e. The SMILES string of the molecule is C=CC1(C)CCCCC1[C@@H](C)CC1CCC(C(C)=O)C1(C)CCC.CC. The van der Waals surface area contributed by atoms with Crippen LogP contribution in [0.3, 0.4) is 0 Å². The number of hydrogen-bond donors (Lipinski definition) is 0. The van der Waals surface area contributed by atoms with Crippen LogP contribution in [0, 0.1) is 34.5 Å². The van der Waals surface area contributed by atoms with Crippen molar-refractivity contribution in [2.75, 3.05) is 0 Å². The largest absolute Gasteiger partial charge is 0.300 e. The number of hydrogen-bond acceptors (Lipinski definition) is 1. The zero-order valence-corrected chi connectivity index (χ0v) is 18.9. The first-order valence-corrected chi connectivity index (χ1v) is 11.4. The van der Waals surface area contributed by atoms with Crippen molar-refractivity contribution in [3.05, 3.63) is 12.7 Å². The van der Waals surface area contributed by atoms with Crippen molar-refractivity contribution in [2.24, 2.45) is 34.5 Å². The van der Waals surface area contributed by atoms with Crippen LogP contribution < -0.4 is 0 Å². The molecule has 0 aliphatic heterocycles. The molecule has 0 aromatic carbocycles. The van der Waals surface area contributed by atoms with Crippen LogP contribution in [-0.2, 0) is 4.79 Å². The van der Waals surface area contributed by atoms with Gasteiger partial charge in [0.15, 0.2) is 0 Å². The molecular formula is C25H46O. The molecule has 0 N–H and O–H groups in total. The molecule has 1 nitrogen and oxygen atoms in total. The third-order valence-corrected chi connectivity index (χ3v) is 7.95. The van der Waals surface area contributed by atoms with Crippen molar-refractivity contribution in [3.63, 3.8) is 0 Å². The Hall–Kier alpha value is -0.590. The van der Waals surface area contributed by atoms with Gasteiger partial charge >= 0.3 is 0 Å². The maximum atomic E-state index is 12.2. The van der Waals surface area contributed by atoms with E-state index in [2.05, 4.69) is 40.3 Å². The Morgan fingerprint density at radius 3 is 2.38 bits per heavy atom. The molecule has 0 aromatic heterocycles. The van der Waals surface area contributed by atoms with Gasteiger partial charge in [0.2, 0.25) is 0 Å². The van der Waals surface area contributed by atoms with E-state index in [-0.39, 0.29) is 5.41 Å². The highest BCUT2D eigenvalue weighted by molar-refractivity contribution is 5.79. The zero-order chi connectivity index (χ0) is 20.0. The summed E-state index contributed by atoms with van der Waals surface area (Å²) in [7, 11) is 0. The second kappa shape index (κ2) is 10.1. The number of rotatable bonds is 7. The van der Waals surface area contributed by atoms with Crippen LogP contribution >= 0.6 is 0 Å². The minimum absolute atomic E-state index is 0.230. The minimum Gasteiger partial charge on any atom is -0.300 e. The summed E-state index contributed by atoms with van der Waals surface area (Å²) in [6.07, 6.45) is 13.7.